The van der Waals surface area contributed by atoms with Crippen LogP contribution in [0.3, 0.4) is 0 Å². The number of nitrogen functional groups attached to an aromatic ring is 1. The van der Waals surface area contributed by atoms with Crippen LogP contribution in [0.1, 0.15) is 0 Å². The number of anilines is 2. The van der Waals surface area contributed by atoms with E-state index in [0.29, 0.717) is 25.1 Å². The van der Waals surface area contributed by atoms with Crippen LogP contribution in [0.4, 0.5) is 15.8 Å². The Hall–Kier alpha value is -1.62. The fourth-order valence-electron chi connectivity index (χ4n) is 1.57. The number of aldehydes is 1. The number of rotatable bonds is 2. The Bertz CT molecular complexity index is 384. The van der Waals surface area contributed by atoms with Crippen molar-refractivity contribution in [3.8, 4) is 0 Å². The average molecular weight is 210 g/mol. The first-order valence-electron chi connectivity index (χ1n) is 4.61. The van der Waals surface area contributed by atoms with Crippen LogP contribution in [0.15, 0.2) is 18.2 Å². The molecule has 2 N–H and O–H groups in total. The van der Waals surface area contributed by atoms with E-state index >= 15 is 0 Å². The van der Waals surface area contributed by atoms with E-state index in [1.165, 1.54) is 12.1 Å². The van der Waals surface area contributed by atoms with E-state index in [0.717, 1.165) is 0 Å². The first-order valence-corrected chi connectivity index (χ1v) is 4.61. The quantitative estimate of drug-likeness (QED) is 0.578. The predicted molar refractivity (Wildman–Crippen MR) is 54.0 cm³/mol. The number of hydrogen-bond donors (Lipinski definition) is 1. The third kappa shape index (κ3) is 1.78. The molecule has 1 aliphatic rings. The van der Waals surface area contributed by atoms with Gasteiger partial charge in [-0.3, -0.25) is 4.79 Å². The molecule has 0 amide bonds. The number of carbonyl (C=O) groups excluding carboxylic acids is 1. The normalized spacial score (nSPS) is 20.6. The average Bonchev–Trinajstić information content (AvgIpc) is 2.70. The van der Waals surface area contributed by atoms with Crippen molar-refractivity contribution in [1.82, 2.24) is 0 Å². The number of benzene rings is 1. The lowest BCUT2D eigenvalue weighted by molar-refractivity contribution is -0.115. The zero-order valence-electron chi connectivity index (χ0n) is 8.02. The zero-order chi connectivity index (χ0) is 10.8. The maximum atomic E-state index is 13.2. The number of nitrogens with zero attached hydrogens (tertiary/aromatic N) is 1. The van der Waals surface area contributed by atoms with Crippen molar-refractivity contribution < 1.29 is 13.9 Å². The van der Waals surface area contributed by atoms with Crippen LogP contribution in [-0.4, -0.2) is 25.7 Å². The van der Waals surface area contributed by atoms with E-state index in [2.05, 4.69) is 0 Å². The highest BCUT2D eigenvalue weighted by atomic mass is 19.1. The molecule has 15 heavy (non-hydrogen) atoms. The first-order chi connectivity index (χ1) is 7.22. The Morgan fingerprint density at radius 3 is 3.07 bits per heavy atom. The molecule has 1 aliphatic heterocycles. The third-order valence-electron chi connectivity index (χ3n) is 2.36. The van der Waals surface area contributed by atoms with Gasteiger partial charge in [-0.1, -0.05) is 0 Å². The molecule has 0 aromatic heterocycles. The highest BCUT2D eigenvalue weighted by molar-refractivity contribution is 5.66. The fourth-order valence-corrected chi connectivity index (χ4v) is 1.57. The van der Waals surface area contributed by atoms with Gasteiger partial charge in [-0.25, -0.2) is 4.39 Å². The van der Waals surface area contributed by atoms with E-state index in [1.54, 1.807) is 11.0 Å². The van der Waals surface area contributed by atoms with Gasteiger partial charge in [-0.15, -0.1) is 0 Å². The lowest BCUT2D eigenvalue weighted by atomic mass is 10.2. The minimum atomic E-state index is -0.618. The molecule has 5 heteroatoms. The van der Waals surface area contributed by atoms with Gasteiger partial charge in [0.25, 0.3) is 0 Å². The van der Waals surface area contributed by atoms with Crippen molar-refractivity contribution in [3.63, 3.8) is 0 Å². The number of hydrogen-bond acceptors (Lipinski definition) is 4. The maximum absolute atomic E-state index is 13.2. The summed E-state index contributed by atoms with van der Waals surface area (Å²) in [6.07, 6.45) is 0.0781. The Kier molecular flexibility index (Phi) is 2.55. The minimum Gasteiger partial charge on any atom is -0.396 e. The van der Waals surface area contributed by atoms with E-state index in [4.69, 9.17) is 10.5 Å². The third-order valence-corrected chi connectivity index (χ3v) is 2.36. The summed E-state index contributed by atoms with van der Waals surface area (Å²) in [5.41, 5.74) is 6.07. The Labute approximate surface area is 86.4 Å². The summed E-state index contributed by atoms with van der Waals surface area (Å²) in [6.45, 7) is 1.04. The number of nitrogens with two attached hydrogens (primary N) is 1. The van der Waals surface area contributed by atoms with Crippen LogP contribution in [0.25, 0.3) is 0 Å². The Balaban J connectivity index is 2.28. The van der Waals surface area contributed by atoms with Gasteiger partial charge in [0, 0.05) is 12.2 Å². The van der Waals surface area contributed by atoms with Crippen LogP contribution in [0, 0.1) is 5.82 Å². The summed E-state index contributed by atoms with van der Waals surface area (Å²) in [6, 6.07) is 4.45. The smallest absolute Gasteiger partial charge is 0.186 e. The van der Waals surface area contributed by atoms with Gasteiger partial charge in [0.2, 0.25) is 0 Å². The summed E-state index contributed by atoms with van der Waals surface area (Å²) in [7, 11) is 0. The van der Waals surface area contributed by atoms with Crippen molar-refractivity contribution in [2.24, 2.45) is 0 Å². The summed E-state index contributed by atoms with van der Waals surface area (Å²) in [5, 5.41) is 0. The van der Waals surface area contributed by atoms with Crippen molar-refractivity contribution >= 4 is 17.7 Å². The molecule has 80 valence electrons. The van der Waals surface area contributed by atoms with E-state index in [9.17, 15) is 9.18 Å². The SMILES string of the molecule is Nc1ccc(N2CCOC2C=O)cc1F. The molecule has 1 heterocycles. The van der Waals surface area contributed by atoms with E-state index in [1.807, 2.05) is 0 Å². The molecule has 1 aromatic carbocycles. The number of halogens is 1. The first kappa shape index (κ1) is 9.92. The van der Waals surface area contributed by atoms with Crippen LogP contribution in [-0.2, 0) is 9.53 Å². The van der Waals surface area contributed by atoms with Crippen LogP contribution >= 0.6 is 0 Å². The van der Waals surface area contributed by atoms with Gasteiger partial charge in [-0.2, -0.15) is 0 Å². The van der Waals surface area contributed by atoms with Gasteiger partial charge >= 0.3 is 0 Å². The second kappa shape index (κ2) is 3.86. The molecule has 2 rings (SSSR count). The van der Waals surface area contributed by atoms with Crippen LogP contribution < -0.4 is 10.6 Å². The predicted octanol–water partition coefficient (Wildman–Crippen LogP) is 0.769. The lowest BCUT2D eigenvalue weighted by Gasteiger charge is -2.20. The molecular formula is C10H11FN2O2. The molecule has 0 aliphatic carbocycles. The molecule has 1 saturated heterocycles. The highest BCUT2D eigenvalue weighted by Gasteiger charge is 2.25. The molecule has 0 radical (unpaired) electrons. The van der Waals surface area contributed by atoms with Gasteiger partial charge in [0.05, 0.1) is 12.3 Å². The number of ether oxygens (including phenoxy) is 1. The van der Waals surface area contributed by atoms with Gasteiger partial charge < -0.3 is 15.4 Å². The van der Waals surface area contributed by atoms with Gasteiger partial charge in [0.15, 0.2) is 12.5 Å². The largest absolute Gasteiger partial charge is 0.396 e. The molecule has 4 nitrogen and oxygen atoms in total. The van der Waals surface area contributed by atoms with Crippen molar-refractivity contribution in [1.29, 1.82) is 0 Å². The standard InChI is InChI=1S/C10H11FN2O2/c11-8-5-7(1-2-9(8)12)13-3-4-15-10(13)6-14/h1-2,5-6,10H,3-4,12H2. The van der Waals surface area contributed by atoms with Gasteiger partial charge in [0.1, 0.15) is 5.82 Å². The van der Waals surface area contributed by atoms with E-state index < -0.39 is 12.0 Å². The molecule has 0 saturated carbocycles. The molecular weight excluding hydrogens is 199 g/mol. The summed E-state index contributed by atoms with van der Waals surface area (Å²) >= 11 is 0. The van der Waals surface area contributed by atoms with Crippen molar-refractivity contribution in [2.45, 2.75) is 6.23 Å². The zero-order valence-corrected chi connectivity index (χ0v) is 8.02. The fraction of sp³-hybridized carbons (Fsp3) is 0.300. The second-order valence-corrected chi connectivity index (χ2v) is 3.30. The highest BCUT2D eigenvalue weighted by Crippen LogP contribution is 2.23. The van der Waals surface area contributed by atoms with Crippen molar-refractivity contribution in [3.05, 3.63) is 24.0 Å². The molecule has 1 unspecified atom stereocenters. The summed E-state index contributed by atoms with van der Waals surface area (Å²) in [4.78, 5) is 12.3. The molecule has 0 bridgehead atoms. The molecule has 0 spiro atoms. The molecule has 1 aromatic rings. The number of carbonyl (C=O) groups is 1. The Morgan fingerprint density at radius 1 is 1.60 bits per heavy atom. The van der Waals surface area contributed by atoms with Crippen LogP contribution in [0.2, 0.25) is 0 Å². The lowest BCUT2D eigenvalue weighted by Crippen LogP contribution is -2.31. The monoisotopic (exact) mass is 210 g/mol. The summed E-state index contributed by atoms with van der Waals surface area (Å²) < 4.78 is 18.3. The molecule has 1 fully saturated rings. The summed E-state index contributed by atoms with van der Waals surface area (Å²) in [5.74, 6) is -0.482. The Morgan fingerprint density at radius 2 is 2.40 bits per heavy atom. The van der Waals surface area contributed by atoms with Crippen LogP contribution in [0.5, 0.6) is 0 Å². The topological polar surface area (TPSA) is 55.6 Å². The minimum absolute atomic E-state index is 0.0986. The van der Waals surface area contributed by atoms with Gasteiger partial charge in [-0.05, 0) is 18.2 Å². The van der Waals surface area contributed by atoms with E-state index in [-0.39, 0.29) is 5.69 Å². The second-order valence-electron chi connectivity index (χ2n) is 3.30. The maximum Gasteiger partial charge on any atom is 0.186 e. The van der Waals surface area contributed by atoms with Crippen molar-refractivity contribution in [2.75, 3.05) is 23.8 Å². The molecule has 1 atom stereocenters.